The van der Waals surface area contributed by atoms with Crippen LogP contribution in [-0.2, 0) is 14.8 Å². The van der Waals surface area contributed by atoms with Crippen LogP contribution in [0.25, 0.3) is 0 Å². The van der Waals surface area contributed by atoms with Gasteiger partial charge in [0.2, 0.25) is 10.0 Å². The summed E-state index contributed by atoms with van der Waals surface area (Å²) < 4.78 is 26.9. The highest BCUT2D eigenvalue weighted by molar-refractivity contribution is 7.89. The molecule has 6 nitrogen and oxygen atoms in total. The Morgan fingerprint density at radius 2 is 2.15 bits per heavy atom. The number of carboxylic acid groups (broad SMARTS) is 1. The molecule has 20 heavy (non-hydrogen) atoms. The van der Waals surface area contributed by atoms with Crippen LogP contribution in [0.4, 0.5) is 0 Å². The van der Waals surface area contributed by atoms with Crippen molar-refractivity contribution >= 4 is 16.0 Å². The fourth-order valence-electron chi connectivity index (χ4n) is 2.40. The third-order valence-corrected chi connectivity index (χ3v) is 4.90. The molecule has 0 aromatic heterocycles. The first-order valence-electron chi connectivity index (χ1n) is 6.19. The molecule has 2 unspecified atom stereocenters. The van der Waals surface area contributed by atoms with Crippen LogP contribution in [0, 0.1) is 17.2 Å². The van der Waals surface area contributed by atoms with E-state index < -0.39 is 28.0 Å². The Morgan fingerprint density at radius 1 is 1.40 bits per heavy atom. The molecule has 1 fully saturated rings. The van der Waals surface area contributed by atoms with Gasteiger partial charge in [-0.25, -0.2) is 13.1 Å². The van der Waals surface area contributed by atoms with Crippen molar-refractivity contribution in [3.05, 3.63) is 29.8 Å². The predicted molar refractivity (Wildman–Crippen MR) is 70.2 cm³/mol. The molecule has 1 aromatic carbocycles. The van der Waals surface area contributed by atoms with Crippen LogP contribution >= 0.6 is 0 Å². The minimum atomic E-state index is -3.81. The quantitative estimate of drug-likeness (QED) is 0.864. The Balaban J connectivity index is 2.23. The zero-order valence-electron chi connectivity index (χ0n) is 10.6. The van der Waals surface area contributed by atoms with E-state index in [0.717, 1.165) is 0 Å². The van der Waals surface area contributed by atoms with Gasteiger partial charge in [-0.05, 0) is 31.0 Å². The summed E-state index contributed by atoms with van der Waals surface area (Å²) in [5.41, 5.74) is 0.245. The average molecular weight is 294 g/mol. The number of rotatable bonds is 4. The van der Waals surface area contributed by atoms with E-state index in [1.807, 2.05) is 6.07 Å². The number of nitriles is 1. The van der Waals surface area contributed by atoms with Gasteiger partial charge in [0.15, 0.2) is 0 Å². The van der Waals surface area contributed by atoms with Crippen LogP contribution < -0.4 is 4.72 Å². The van der Waals surface area contributed by atoms with Gasteiger partial charge in [-0.2, -0.15) is 5.26 Å². The highest BCUT2D eigenvalue weighted by Crippen LogP contribution is 2.27. The van der Waals surface area contributed by atoms with Gasteiger partial charge in [-0.3, -0.25) is 4.79 Å². The van der Waals surface area contributed by atoms with Crippen molar-refractivity contribution in [2.24, 2.45) is 5.92 Å². The summed E-state index contributed by atoms with van der Waals surface area (Å²) in [6.07, 6.45) is 1.66. The summed E-state index contributed by atoms with van der Waals surface area (Å²) >= 11 is 0. The van der Waals surface area contributed by atoms with Crippen molar-refractivity contribution in [1.29, 1.82) is 5.26 Å². The minimum absolute atomic E-state index is 0.0208. The van der Waals surface area contributed by atoms with Crippen molar-refractivity contribution in [3.63, 3.8) is 0 Å². The van der Waals surface area contributed by atoms with Gasteiger partial charge in [0.25, 0.3) is 0 Å². The maximum Gasteiger partial charge on any atom is 0.308 e. The van der Waals surface area contributed by atoms with E-state index >= 15 is 0 Å². The molecule has 0 saturated heterocycles. The molecular weight excluding hydrogens is 280 g/mol. The average Bonchev–Trinajstić information content (AvgIpc) is 2.86. The fourth-order valence-corrected chi connectivity index (χ4v) is 3.75. The van der Waals surface area contributed by atoms with Crippen molar-refractivity contribution in [2.75, 3.05) is 0 Å². The molecule has 7 heteroatoms. The summed E-state index contributed by atoms with van der Waals surface area (Å²) in [5, 5.41) is 17.8. The Bertz CT molecular complexity index is 663. The van der Waals surface area contributed by atoms with Gasteiger partial charge in [-0.15, -0.1) is 0 Å². The molecule has 106 valence electrons. The zero-order chi connectivity index (χ0) is 14.8. The second-order valence-electron chi connectivity index (χ2n) is 4.74. The van der Waals surface area contributed by atoms with Crippen LogP contribution in [0.1, 0.15) is 24.8 Å². The third kappa shape index (κ3) is 2.98. The molecule has 0 amide bonds. The number of nitrogens with one attached hydrogen (secondary N) is 1. The molecule has 2 N–H and O–H groups in total. The van der Waals surface area contributed by atoms with Crippen LogP contribution in [-0.4, -0.2) is 25.5 Å². The standard InChI is InChI=1S/C13H14N2O4S/c14-8-9-3-1-4-10(7-9)20(18,19)15-12-6-2-5-11(12)13(16)17/h1,3-4,7,11-12,15H,2,5-6H2,(H,16,17). The maximum absolute atomic E-state index is 12.2. The van der Waals surface area contributed by atoms with Gasteiger partial charge in [0.05, 0.1) is 22.4 Å². The minimum Gasteiger partial charge on any atom is -0.481 e. The molecule has 0 bridgehead atoms. The monoisotopic (exact) mass is 294 g/mol. The first-order valence-corrected chi connectivity index (χ1v) is 7.67. The van der Waals surface area contributed by atoms with Crippen molar-refractivity contribution < 1.29 is 18.3 Å². The molecule has 1 aliphatic carbocycles. The van der Waals surface area contributed by atoms with Crippen LogP contribution in [0.2, 0.25) is 0 Å². The maximum atomic E-state index is 12.2. The lowest BCUT2D eigenvalue weighted by Crippen LogP contribution is -2.40. The Hall–Kier alpha value is -1.91. The van der Waals surface area contributed by atoms with Gasteiger partial charge < -0.3 is 5.11 Å². The smallest absolute Gasteiger partial charge is 0.308 e. The molecule has 0 radical (unpaired) electrons. The van der Waals surface area contributed by atoms with Crippen molar-refractivity contribution in [1.82, 2.24) is 4.72 Å². The topological polar surface area (TPSA) is 107 Å². The normalized spacial score (nSPS) is 22.4. The van der Waals surface area contributed by atoms with Crippen LogP contribution in [0.3, 0.4) is 0 Å². The van der Waals surface area contributed by atoms with E-state index in [1.54, 1.807) is 0 Å². The highest BCUT2D eigenvalue weighted by atomic mass is 32.2. The molecule has 0 spiro atoms. The molecule has 0 heterocycles. The first-order chi connectivity index (χ1) is 9.44. The van der Waals surface area contributed by atoms with E-state index in [9.17, 15) is 13.2 Å². The largest absolute Gasteiger partial charge is 0.481 e. The zero-order valence-corrected chi connectivity index (χ0v) is 11.4. The van der Waals surface area contributed by atoms with Crippen molar-refractivity contribution in [2.45, 2.75) is 30.2 Å². The Kier molecular flexibility index (Phi) is 4.06. The lowest BCUT2D eigenvalue weighted by molar-refractivity contribution is -0.141. The Labute approximate surface area is 117 Å². The summed E-state index contributed by atoms with van der Waals surface area (Å²) in [5.74, 6) is -1.68. The second kappa shape index (κ2) is 5.61. The van der Waals surface area contributed by atoms with E-state index in [-0.39, 0.29) is 10.5 Å². The van der Waals surface area contributed by atoms with Gasteiger partial charge >= 0.3 is 5.97 Å². The number of sulfonamides is 1. The molecule has 2 atom stereocenters. The second-order valence-corrected chi connectivity index (χ2v) is 6.46. The van der Waals surface area contributed by atoms with E-state index in [4.69, 9.17) is 10.4 Å². The number of nitrogens with zero attached hydrogens (tertiary/aromatic N) is 1. The summed E-state index contributed by atoms with van der Waals surface area (Å²) in [6, 6.07) is 6.92. The SMILES string of the molecule is N#Cc1cccc(S(=O)(=O)NC2CCCC2C(=O)O)c1. The van der Waals surface area contributed by atoms with Gasteiger partial charge in [0, 0.05) is 6.04 Å². The fraction of sp³-hybridized carbons (Fsp3) is 0.385. The van der Waals surface area contributed by atoms with Crippen LogP contribution in [0.5, 0.6) is 0 Å². The third-order valence-electron chi connectivity index (χ3n) is 3.41. The molecule has 1 aromatic rings. The lowest BCUT2D eigenvalue weighted by Gasteiger charge is -2.17. The summed E-state index contributed by atoms with van der Waals surface area (Å²) in [4.78, 5) is 11.0. The van der Waals surface area contributed by atoms with Crippen molar-refractivity contribution in [3.8, 4) is 6.07 Å². The predicted octanol–water partition coefficient (Wildman–Crippen LogP) is 1.09. The van der Waals surface area contributed by atoms with E-state index in [1.165, 1.54) is 24.3 Å². The number of aliphatic carboxylic acids is 1. The van der Waals surface area contributed by atoms with Gasteiger partial charge in [-0.1, -0.05) is 12.5 Å². The van der Waals surface area contributed by atoms with E-state index in [2.05, 4.69) is 4.72 Å². The molecular formula is C13H14N2O4S. The number of benzene rings is 1. The summed E-state index contributed by atoms with van der Waals surface area (Å²) in [6.45, 7) is 0. The van der Waals surface area contributed by atoms with E-state index in [0.29, 0.717) is 19.3 Å². The lowest BCUT2D eigenvalue weighted by atomic mass is 10.1. The Morgan fingerprint density at radius 3 is 2.80 bits per heavy atom. The van der Waals surface area contributed by atoms with Gasteiger partial charge in [0.1, 0.15) is 0 Å². The molecule has 1 aliphatic rings. The number of carbonyl (C=O) groups is 1. The number of carboxylic acids is 1. The molecule has 1 saturated carbocycles. The highest BCUT2D eigenvalue weighted by Gasteiger charge is 2.35. The van der Waals surface area contributed by atoms with Crippen LogP contribution in [0.15, 0.2) is 29.2 Å². The molecule has 2 rings (SSSR count). The first kappa shape index (κ1) is 14.5. The number of hydrogen-bond acceptors (Lipinski definition) is 4. The summed E-state index contributed by atoms with van der Waals surface area (Å²) in [7, 11) is -3.81. The number of hydrogen-bond donors (Lipinski definition) is 2. The molecule has 0 aliphatic heterocycles.